The van der Waals surface area contributed by atoms with Crippen LogP contribution in [0, 0.1) is 29.6 Å². The van der Waals surface area contributed by atoms with Crippen molar-refractivity contribution in [1.82, 2.24) is 0 Å². The molecular weight excluding hydrogens is 260 g/mol. The summed E-state index contributed by atoms with van der Waals surface area (Å²) >= 11 is 0. The topological polar surface area (TPSA) is 26.3 Å². The van der Waals surface area contributed by atoms with Gasteiger partial charge in [-0.3, -0.25) is 0 Å². The number of benzene rings is 1. The van der Waals surface area contributed by atoms with Crippen LogP contribution in [0.2, 0.25) is 0 Å². The lowest BCUT2D eigenvalue weighted by atomic mass is 9.76. The molecule has 2 aliphatic rings. The van der Waals surface area contributed by atoms with Gasteiger partial charge in [0, 0.05) is 6.08 Å². The van der Waals surface area contributed by atoms with E-state index in [-0.39, 0.29) is 5.97 Å². The highest BCUT2D eigenvalue weighted by Gasteiger charge is 2.48. The van der Waals surface area contributed by atoms with Gasteiger partial charge >= 0.3 is 5.97 Å². The van der Waals surface area contributed by atoms with Crippen molar-refractivity contribution < 1.29 is 9.53 Å². The van der Waals surface area contributed by atoms with Crippen molar-refractivity contribution in [3.8, 4) is 0 Å². The lowest BCUT2D eigenvalue weighted by molar-refractivity contribution is -0.139. The molecule has 2 fully saturated rings. The Kier molecular flexibility index (Phi) is 4.14. The van der Waals surface area contributed by atoms with E-state index in [4.69, 9.17) is 4.74 Å². The number of ether oxygens (including phenoxy) is 1. The van der Waals surface area contributed by atoms with Crippen LogP contribution in [0.1, 0.15) is 32.3 Å². The third kappa shape index (κ3) is 3.04. The normalized spacial score (nSPS) is 34.5. The maximum atomic E-state index is 11.8. The van der Waals surface area contributed by atoms with Gasteiger partial charge in [0.2, 0.25) is 0 Å². The van der Waals surface area contributed by atoms with Gasteiger partial charge in [0.05, 0.1) is 6.61 Å². The van der Waals surface area contributed by atoms with Crippen molar-refractivity contribution >= 4 is 12.0 Å². The van der Waals surface area contributed by atoms with E-state index in [1.807, 2.05) is 36.4 Å². The molecule has 0 aromatic heterocycles. The summed E-state index contributed by atoms with van der Waals surface area (Å²) in [6.07, 6.45) is 5.93. The Morgan fingerprint density at radius 3 is 2.62 bits per heavy atom. The van der Waals surface area contributed by atoms with Crippen molar-refractivity contribution in [1.29, 1.82) is 0 Å². The van der Waals surface area contributed by atoms with Gasteiger partial charge in [0.1, 0.15) is 0 Å². The highest BCUT2D eigenvalue weighted by Crippen LogP contribution is 2.54. The van der Waals surface area contributed by atoms with Crippen molar-refractivity contribution in [2.75, 3.05) is 6.61 Å². The van der Waals surface area contributed by atoms with Gasteiger partial charge in [-0.15, -0.1) is 0 Å². The number of fused-ring (bicyclic) bond motifs is 2. The van der Waals surface area contributed by atoms with Crippen LogP contribution < -0.4 is 0 Å². The SMILES string of the molecule is CC1C2CC(COC(=O)C=Cc3ccccc3)C(C2)C1C. The van der Waals surface area contributed by atoms with Gasteiger partial charge in [-0.2, -0.15) is 0 Å². The molecule has 2 saturated carbocycles. The molecule has 21 heavy (non-hydrogen) atoms. The van der Waals surface area contributed by atoms with E-state index >= 15 is 0 Å². The van der Waals surface area contributed by atoms with Crippen LogP contribution in [0.4, 0.5) is 0 Å². The number of esters is 1. The summed E-state index contributed by atoms with van der Waals surface area (Å²) in [5.74, 6) is 3.61. The second-order valence-electron chi connectivity index (χ2n) is 6.75. The van der Waals surface area contributed by atoms with E-state index in [9.17, 15) is 4.79 Å². The summed E-state index contributed by atoms with van der Waals surface area (Å²) in [6.45, 7) is 5.33. The summed E-state index contributed by atoms with van der Waals surface area (Å²) in [6, 6.07) is 9.84. The second-order valence-corrected chi connectivity index (χ2v) is 6.75. The Labute approximate surface area is 127 Å². The molecule has 0 N–H and O–H groups in total. The van der Waals surface area contributed by atoms with Crippen LogP contribution in [0.5, 0.6) is 0 Å². The van der Waals surface area contributed by atoms with Crippen molar-refractivity contribution in [3.63, 3.8) is 0 Å². The van der Waals surface area contributed by atoms with Crippen LogP contribution in [0.25, 0.3) is 6.08 Å². The largest absolute Gasteiger partial charge is 0.462 e. The minimum atomic E-state index is -0.220. The maximum Gasteiger partial charge on any atom is 0.330 e. The van der Waals surface area contributed by atoms with Crippen LogP contribution >= 0.6 is 0 Å². The molecule has 0 radical (unpaired) electrons. The highest BCUT2D eigenvalue weighted by molar-refractivity contribution is 5.87. The lowest BCUT2D eigenvalue weighted by Crippen LogP contribution is -2.28. The number of carbonyl (C=O) groups is 1. The van der Waals surface area contributed by atoms with Crippen LogP contribution in [-0.4, -0.2) is 12.6 Å². The predicted molar refractivity (Wildman–Crippen MR) is 84.5 cm³/mol. The van der Waals surface area contributed by atoms with E-state index in [2.05, 4.69) is 13.8 Å². The molecule has 0 aliphatic heterocycles. The van der Waals surface area contributed by atoms with E-state index in [1.54, 1.807) is 0 Å². The summed E-state index contributed by atoms with van der Waals surface area (Å²) in [5, 5.41) is 0. The van der Waals surface area contributed by atoms with Crippen LogP contribution in [-0.2, 0) is 9.53 Å². The summed E-state index contributed by atoms with van der Waals surface area (Å²) in [5.41, 5.74) is 1.02. The molecule has 2 bridgehead atoms. The number of rotatable bonds is 4. The Bertz CT molecular complexity index is 518. The van der Waals surface area contributed by atoms with Crippen molar-refractivity contribution in [2.24, 2.45) is 29.6 Å². The van der Waals surface area contributed by atoms with Crippen molar-refractivity contribution in [2.45, 2.75) is 26.7 Å². The Morgan fingerprint density at radius 2 is 1.95 bits per heavy atom. The summed E-state index contributed by atoms with van der Waals surface area (Å²) in [7, 11) is 0. The molecule has 2 aliphatic carbocycles. The zero-order valence-electron chi connectivity index (χ0n) is 12.9. The maximum absolute atomic E-state index is 11.8. The molecular formula is C19H24O2. The van der Waals surface area contributed by atoms with Crippen LogP contribution in [0.3, 0.4) is 0 Å². The first-order valence-electron chi connectivity index (χ1n) is 8.05. The fraction of sp³-hybridized carbons (Fsp3) is 0.526. The molecule has 0 spiro atoms. The minimum Gasteiger partial charge on any atom is -0.462 e. The quantitative estimate of drug-likeness (QED) is 0.612. The number of carbonyl (C=O) groups excluding carboxylic acids is 1. The molecule has 5 unspecified atom stereocenters. The average molecular weight is 284 g/mol. The van der Waals surface area contributed by atoms with Gasteiger partial charge in [-0.25, -0.2) is 4.79 Å². The lowest BCUT2D eigenvalue weighted by Gasteiger charge is -2.31. The third-order valence-corrected chi connectivity index (χ3v) is 5.69. The first-order valence-corrected chi connectivity index (χ1v) is 8.05. The summed E-state index contributed by atoms with van der Waals surface area (Å²) in [4.78, 5) is 11.8. The fourth-order valence-electron chi connectivity index (χ4n) is 4.25. The van der Waals surface area contributed by atoms with E-state index in [1.165, 1.54) is 18.9 Å². The Balaban J connectivity index is 1.48. The summed E-state index contributed by atoms with van der Waals surface area (Å²) < 4.78 is 5.46. The molecule has 3 rings (SSSR count). The fourth-order valence-corrected chi connectivity index (χ4v) is 4.25. The van der Waals surface area contributed by atoms with E-state index < -0.39 is 0 Å². The first kappa shape index (κ1) is 14.4. The molecule has 1 aromatic carbocycles. The van der Waals surface area contributed by atoms with Gasteiger partial charge in [0.15, 0.2) is 0 Å². The molecule has 0 saturated heterocycles. The Hall–Kier alpha value is -1.57. The molecule has 2 heteroatoms. The van der Waals surface area contributed by atoms with Crippen LogP contribution in [0.15, 0.2) is 36.4 Å². The Morgan fingerprint density at radius 1 is 1.19 bits per heavy atom. The standard InChI is InChI=1S/C19H24O2/c1-13-14(2)18-11-16(13)10-17(18)12-21-19(20)9-8-15-6-4-3-5-7-15/h3-9,13-14,16-18H,10-12H2,1-2H3. The second kappa shape index (κ2) is 6.05. The molecule has 2 nitrogen and oxygen atoms in total. The zero-order chi connectivity index (χ0) is 14.8. The first-order chi connectivity index (χ1) is 10.1. The molecule has 5 atom stereocenters. The highest BCUT2D eigenvalue weighted by atomic mass is 16.5. The average Bonchev–Trinajstić information content (AvgIpc) is 3.04. The van der Waals surface area contributed by atoms with E-state index in [0.29, 0.717) is 12.5 Å². The van der Waals surface area contributed by atoms with Crippen molar-refractivity contribution in [3.05, 3.63) is 42.0 Å². The number of hydrogen-bond donors (Lipinski definition) is 0. The number of hydrogen-bond acceptors (Lipinski definition) is 2. The predicted octanol–water partition coefficient (Wildman–Crippen LogP) is 4.17. The van der Waals surface area contributed by atoms with Gasteiger partial charge in [-0.05, 0) is 54.1 Å². The van der Waals surface area contributed by atoms with Gasteiger partial charge < -0.3 is 4.74 Å². The van der Waals surface area contributed by atoms with Gasteiger partial charge in [0.25, 0.3) is 0 Å². The smallest absolute Gasteiger partial charge is 0.330 e. The third-order valence-electron chi connectivity index (χ3n) is 5.69. The molecule has 1 aromatic rings. The molecule has 0 heterocycles. The monoisotopic (exact) mass is 284 g/mol. The zero-order valence-corrected chi connectivity index (χ0v) is 12.9. The molecule has 0 amide bonds. The minimum absolute atomic E-state index is 0.220. The molecule has 112 valence electrons. The van der Waals surface area contributed by atoms with E-state index in [0.717, 1.165) is 29.2 Å². The van der Waals surface area contributed by atoms with Gasteiger partial charge in [-0.1, -0.05) is 44.2 Å².